The van der Waals surface area contributed by atoms with Gasteiger partial charge in [0.25, 0.3) is 11.8 Å². The lowest BCUT2D eigenvalue weighted by Crippen LogP contribution is -2.22. The summed E-state index contributed by atoms with van der Waals surface area (Å²) in [5.41, 5.74) is 5.64. The van der Waals surface area contributed by atoms with Gasteiger partial charge in [-0.15, -0.1) is 0 Å². The van der Waals surface area contributed by atoms with Crippen molar-refractivity contribution >= 4 is 28.4 Å². The molecule has 0 atom stereocenters. The number of fused-ring (bicyclic) bond motifs is 1. The van der Waals surface area contributed by atoms with Crippen LogP contribution in [0.15, 0.2) is 66.7 Å². The van der Waals surface area contributed by atoms with Crippen molar-refractivity contribution in [3.63, 3.8) is 0 Å². The number of aromatic amines is 1. The molecule has 0 aliphatic heterocycles. The van der Waals surface area contributed by atoms with Crippen LogP contribution in [0.3, 0.4) is 0 Å². The van der Waals surface area contributed by atoms with E-state index in [0.717, 1.165) is 16.8 Å². The monoisotopic (exact) mass is 457 g/mol. The first-order valence-corrected chi connectivity index (χ1v) is 11.0. The Balaban J connectivity index is 1.28. The third-order valence-electron chi connectivity index (χ3n) is 5.67. The molecule has 0 fully saturated rings. The van der Waals surface area contributed by atoms with Gasteiger partial charge in [-0.3, -0.25) is 9.59 Å². The highest BCUT2D eigenvalue weighted by atomic mass is 16.5. The number of ether oxygens (including phenoxy) is 2. The van der Waals surface area contributed by atoms with Crippen molar-refractivity contribution in [2.24, 2.45) is 0 Å². The number of H-pyrrole nitrogens is 1. The summed E-state index contributed by atoms with van der Waals surface area (Å²) in [4.78, 5) is 28.0. The molecule has 0 saturated heterocycles. The minimum Gasteiger partial charge on any atom is -0.497 e. The summed E-state index contributed by atoms with van der Waals surface area (Å²) < 4.78 is 10.7. The number of rotatable bonds is 8. The van der Waals surface area contributed by atoms with E-state index < -0.39 is 0 Å². The van der Waals surface area contributed by atoms with Gasteiger partial charge in [0.1, 0.15) is 11.5 Å². The second kappa shape index (κ2) is 10.1. The number of nitrogens with one attached hydrogen (secondary N) is 3. The van der Waals surface area contributed by atoms with Crippen LogP contribution in [0.2, 0.25) is 0 Å². The fourth-order valence-electron chi connectivity index (χ4n) is 3.65. The Morgan fingerprint density at radius 1 is 0.941 bits per heavy atom. The number of hydrogen-bond acceptors (Lipinski definition) is 4. The molecule has 1 heterocycles. The molecule has 2 amide bonds. The predicted octanol–water partition coefficient (Wildman–Crippen LogP) is 4.74. The van der Waals surface area contributed by atoms with E-state index in [1.54, 1.807) is 55.6 Å². The molecule has 0 unspecified atom stereocenters. The second-order valence-electron chi connectivity index (χ2n) is 8.03. The van der Waals surface area contributed by atoms with E-state index >= 15 is 0 Å². The fourth-order valence-corrected chi connectivity index (χ4v) is 3.65. The lowest BCUT2D eigenvalue weighted by Gasteiger charge is -2.09. The Bertz CT molecular complexity index is 1330. The van der Waals surface area contributed by atoms with E-state index in [0.29, 0.717) is 29.3 Å². The van der Waals surface area contributed by atoms with Crippen LogP contribution < -0.4 is 20.1 Å². The maximum absolute atomic E-state index is 12.6. The Kier molecular flexibility index (Phi) is 6.82. The van der Waals surface area contributed by atoms with Gasteiger partial charge in [-0.25, -0.2) is 0 Å². The molecular formula is C27H27N3O4. The minimum absolute atomic E-state index is 0.150. The summed E-state index contributed by atoms with van der Waals surface area (Å²) in [5.74, 6) is 0.688. The summed E-state index contributed by atoms with van der Waals surface area (Å²) in [7, 11) is 1.57. The number of benzene rings is 3. The number of aryl methyl sites for hydroxylation is 2. The molecule has 4 rings (SSSR count). The van der Waals surface area contributed by atoms with Crippen molar-refractivity contribution in [2.75, 3.05) is 19.0 Å². The van der Waals surface area contributed by atoms with Gasteiger partial charge < -0.3 is 25.1 Å². The maximum atomic E-state index is 12.6. The Hall–Kier alpha value is -4.26. The first-order chi connectivity index (χ1) is 16.4. The zero-order chi connectivity index (χ0) is 24.1. The zero-order valence-corrected chi connectivity index (χ0v) is 19.4. The number of methoxy groups -OCH3 is 1. The quantitative estimate of drug-likeness (QED) is 0.356. The van der Waals surface area contributed by atoms with Crippen molar-refractivity contribution in [1.82, 2.24) is 10.3 Å². The highest BCUT2D eigenvalue weighted by Crippen LogP contribution is 2.22. The van der Waals surface area contributed by atoms with Gasteiger partial charge in [-0.1, -0.05) is 12.1 Å². The average molecular weight is 458 g/mol. The van der Waals surface area contributed by atoms with Gasteiger partial charge in [-0.2, -0.15) is 0 Å². The van der Waals surface area contributed by atoms with E-state index in [1.807, 2.05) is 12.1 Å². The van der Waals surface area contributed by atoms with Crippen LogP contribution in [0.4, 0.5) is 5.69 Å². The Morgan fingerprint density at radius 3 is 2.50 bits per heavy atom. The minimum atomic E-state index is -0.292. The summed E-state index contributed by atoms with van der Waals surface area (Å²) >= 11 is 0. The van der Waals surface area contributed by atoms with Gasteiger partial charge in [0.15, 0.2) is 6.61 Å². The smallest absolute Gasteiger partial charge is 0.262 e. The SMILES string of the molecule is COc1cccc(NC(=O)COc2ccc(C(=O)NCc3ccc4[nH]c(C)c(C)c4c3)cc2)c1. The molecule has 0 aliphatic rings. The fraction of sp³-hybridized carbons (Fsp3) is 0.185. The zero-order valence-electron chi connectivity index (χ0n) is 19.4. The van der Waals surface area contributed by atoms with Crippen LogP contribution in [0.25, 0.3) is 10.9 Å². The Morgan fingerprint density at radius 2 is 1.74 bits per heavy atom. The molecule has 0 bridgehead atoms. The molecule has 3 aromatic carbocycles. The van der Waals surface area contributed by atoms with Crippen molar-refractivity contribution in [3.05, 3.63) is 89.1 Å². The summed E-state index contributed by atoms with van der Waals surface area (Å²) in [6.07, 6.45) is 0. The molecular weight excluding hydrogens is 430 g/mol. The normalized spacial score (nSPS) is 10.7. The molecule has 34 heavy (non-hydrogen) atoms. The molecule has 0 radical (unpaired) electrons. The van der Waals surface area contributed by atoms with Crippen LogP contribution in [-0.4, -0.2) is 30.5 Å². The molecule has 7 nitrogen and oxygen atoms in total. The summed E-state index contributed by atoms with van der Waals surface area (Å²) in [6, 6.07) is 19.9. The van der Waals surface area contributed by atoms with Gasteiger partial charge in [-0.05, 0) is 73.5 Å². The molecule has 1 aromatic heterocycles. The lowest BCUT2D eigenvalue weighted by atomic mass is 10.1. The highest BCUT2D eigenvalue weighted by Gasteiger charge is 2.09. The van der Waals surface area contributed by atoms with Crippen molar-refractivity contribution in [2.45, 2.75) is 20.4 Å². The van der Waals surface area contributed by atoms with Gasteiger partial charge in [0, 0.05) is 40.5 Å². The summed E-state index contributed by atoms with van der Waals surface area (Å²) in [6.45, 7) is 4.42. The van der Waals surface area contributed by atoms with E-state index in [-0.39, 0.29) is 18.4 Å². The van der Waals surface area contributed by atoms with Gasteiger partial charge >= 0.3 is 0 Å². The number of carbonyl (C=O) groups is 2. The van der Waals surface area contributed by atoms with Crippen molar-refractivity contribution in [1.29, 1.82) is 0 Å². The number of aromatic nitrogens is 1. The van der Waals surface area contributed by atoms with Crippen molar-refractivity contribution < 1.29 is 19.1 Å². The van der Waals surface area contributed by atoms with Crippen LogP contribution in [0.1, 0.15) is 27.2 Å². The predicted molar refractivity (Wildman–Crippen MR) is 133 cm³/mol. The molecule has 0 saturated carbocycles. The van der Waals surface area contributed by atoms with E-state index in [9.17, 15) is 9.59 Å². The van der Waals surface area contributed by atoms with Crippen molar-refractivity contribution in [3.8, 4) is 11.5 Å². The lowest BCUT2D eigenvalue weighted by molar-refractivity contribution is -0.118. The molecule has 0 aliphatic carbocycles. The molecule has 3 N–H and O–H groups in total. The van der Waals surface area contributed by atoms with Crippen LogP contribution in [0, 0.1) is 13.8 Å². The van der Waals surface area contributed by atoms with Crippen LogP contribution in [0.5, 0.6) is 11.5 Å². The first kappa shape index (κ1) is 22.9. The third kappa shape index (κ3) is 5.38. The topological polar surface area (TPSA) is 92.4 Å². The van der Waals surface area contributed by atoms with Crippen LogP contribution >= 0.6 is 0 Å². The number of amides is 2. The molecule has 174 valence electrons. The van der Waals surface area contributed by atoms with Gasteiger partial charge in [0.05, 0.1) is 7.11 Å². The second-order valence-corrected chi connectivity index (χ2v) is 8.03. The van der Waals surface area contributed by atoms with E-state index in [4.69, 9.17) is 9.47 Å². The average Bonchev–Trinajstić information content (AvgIpc) is 3.14. The standard InChI is InChI=1S/C27H27N3O4/c1-17-18(2)29-25-12-7-19(13-24(17)25)15-28-27(32)20-8-10-22(11-9-20)34-16-26(31)30-21-5-4-6-23(14-21)33-3/h4-14,29H,15-16H2,1-3H3,(H,28,32)(H,30,31). The summed E-state index contributed by atoms with van der Waals surface area (Å²) in [5, 5.41) is 6.87. The molecule has 4 aromatic rings. The van der Waals surface area contributed by atoms with Gasteiger partial charge in [0.2, 0.25) is 0 Å². The highest BCUT2D eigenvalue weighted by molar-refractivity contribution is 5.94. The van der Waals surface area contributed by atoms with Crippen LogP contribution in [-0.2, 0) is 11.3 Å². The number of anilines is 1. The van der Waals surface area contributed by atoms with E-state index in [1.165, 1.54) is 10.9 Å². The third-order valence-corrected chi connectivity index (χ3v) is 5.67. The number of carbonyl (C=O) groups excluding carboxylic acids is 2. The first-order valence-electron chi connectivity index (χ1n) is 11.0. The largest absolute Gasteiger partial charge is 0.497 e. The molecule has 7 heteroatoms. The molecule has 0 spiro atoms. The maximum Gasteiger partial charge on any atom is 0.262 e. The Labute approximate surface area is 198 Å². The van der Waals surface area contributed by atoms with E-state index in [2.05, 4.69) is 35.5 Å². The number of hydrogen-bond donors (Lipinski definition) is 3.